The van der Waals surface area contributed by atoms with E-state index in [1.807, 2.05) is 0 Å². The molecule has 2 nitrogen and oxygen atoms in total. The molecule has 0 radical (unpaired) electrons. The molecular weight excluding hydrogens is 258 g/mol. The fourth-order valence-electron chi connectivity index (χ4n) is 3.92. The Bertz CT molecular complexity index is 287. The Balaban J connectivity index is 2.41. The van der Waals surface area contributed by atoms with Crippen molar-refractivity contribution in [2.45, 2.75) is 71.6 Å². The lowest BCUT2D eigenvalue weighted by molar-refractivity contribution is -0.118. The van der Waals surface area contributed by atoms with Gasteiger partial charge in [-0.3, -0.25) is 0 Å². The highest BCUT2D eigenvalue weighted by Crippen LogP contribution is 2.44. The van der Waals surface area contributed by atoms with Crippen molar-refractivity contribution < 1.29 is 4.79 Å². The minimum absolute atomic E-state index is 0.383. The SMILES string of the molecule is CCCCC[C@H]1[C@@H](CC(C)=O)CC[C@@H]1[CH+]CCCN(C)C. The van der Waals surface area contributed by atoms with E-state index in [0.717, 1.165) is 18.3 Å². The normalized spacial score (nSPS) is 25.5. The van der Waals surface area contributed by atoms with Gasteiger partial charge in [0.25, 0.3) is 0 Å². The highest BCUT2D eigenvalue weighted by molar-refractivity contribution is 5.75. The van der Waals surface area contributed by atoms with E-state index in [4.69, 9.17) is 0 Å². The van der Waals surface area contributed by atoms with Crippen LogP contribution in [0.1, 0.15) is 71.6 Å². The second-order valence-electron chi connectivity index (χ2n) is 7.25. The van der Waals surface area contributed by atoms with Crippen LogP contribution in [0.15, 0.2) is 0 Å². The van der Waals surface area contributed by atoms with Crippen molar-refractivity contribution in [1.82, 2.24) is 4.90 Å². The van der Waals surface area contributed by atoms with Crippen LogP contribution < -0.4 is 0 Å². The summed E-state index contributed by atoms with van der Waals surface area (Å²) in [6.07, 6.45) is 13.8. The quantitative estimate of drug-likeness (QED) is 0.405. The van der Waals surface area contributed by atoms with E-state index in [1.54, 1.807) is 6.92 Å². The fourth-order valence-corrected chi connectivity index (χ4v) is 3.92. The zero-order valence-corrected chi connectivity index (χ0v) is 14.7. The maximum atomic E-state index is 11.5. The van der Waals surface area contributed by atoms with Crippen LogP contribution in [0.3, 0.4) is 0 Å². The third-order valence-electron chi connectivity index (χ3n) is 5.00. The van der Waals surface area contributed by atoms with Gasteiger partial charge in [-0.25, -0.2) is 0 Å². The zero-order valence-electron chi connectivity index (χ0n) is 14.7. The van der Waals surface area contributed by atoms with Crippen LogP contribution in [0.5, 0.6) is 0 Å². The van der Waals surface area contributed by atoms with Gasteiger partial charge in [0.05, 0.1) is 12.8 Å². The molecule has 0 N–H and O–H groups in total. The first kappa shape index (κ1) is 18.5. The smallest absolute Gasteiger partial charge is 0.130 e. The summed E-state index contributed by atoms with van der Waals surface area (Å²) in [5.41, 5.74) is 0. The van der Waals surface area contributed by atoms with Crippen molar-refractivity contribution in [3.05, 3.63) is 6.42 Å². The number of Topliss-reactive ketones (excluding diaryl/α,β-unsaturated/α-hetero) is 1. The summed E-state index contributed by atoms with van der Waals surface area (Å²) in [6, 6.07) is 0. The molecule has 1 saturated carbocycles. The van der Waals surface area contributed by atoms with Gasteiger partial charge in [0.1, 0.15) is 11.7 Å². The predicted molar refractivity (Wildman–Crippen MR) is 91.2 cm³/mol. The van der Waals surface area contributed by atoms with E-state index in [2.05, 4.69) is 32.3 Å². The molecule has 0 heterocycles. The van der Waals surface area contributed by atoms with Crippen molar-refractivity contribution in [3.63, 3.8) is 0 Å². The van der Waals surface area contributed by atoms with E-state index >= 15 is 0 Å². The molecule has 2 heteroatoms. The number of hydrogen-bond acceptors (Lipinski definition) is 2. The van der Waals surface area contributed by atoms with Crippen LogP contribution >= 0.6 is 0 Å². The summed E-state index contributed by atoms with van der Waals surface area (Å²) in [7, 11) is 4.29. The van der Waals surface area contributed by atoms with Gasteiger partial charge in [0.15, 0.2) is 0 Å². The molecule has 0 aromatic rings. The highest BCUT2D eigenvalue weighted by Gasteiger charge is 2.40. The molecule has 0 aliphatic heterocycles. The first-order valence-electron chi connectivity index (χ1n) is 9.02. The Kier molecular flexibility index (Phi) is 9.07. The van der Waals surface area contributed by atoms with Gasteiger partial charge in [-0.2, -0.15) is 0 Å². The summed E-state index contributed by atoms with van der Waals surface area (Å²) in [6.45, 7) is 5.21. The van der Waals surface area contributed by atoms with E-state index in [9.17, 15) is 4.79 Å². The topological polar surface area (TPSA) is 20.3 Å². The molecule has 0 amide bonds. The molecule has 1 aliphatic carbocycles. The predicted octanol–water partition coefficient (Wildman–Crippen LogP) is 4.73. The summed E-state index contributed by atoms with van der Waals surface area (Å²) in [4.78, 5) is 13.8. The van der Waals surface area contributed by atoms with Gasteiger partial charge < -0.3 is 9.69 Å². The van der Waals surface area contributed by atoms with Crippen molar-refractivity contribution in [1.29, 1.82) is 0 Å². The third kappa shape index (κ3) is 7.35. The molecule has 1 rings (SSSR count). The first-order chi connectivity index (χ1) is 10.0. The van der Waals surface area contributed by atoms with E-state index in [-0.39, 0.29) is 0 Å². The van der Waals surface area contributed by atoms with E-state index < -0.39 is 0 Å². The molecular formula is C19H36NO+. The molecule has 1 fully saturated rings. The summed E-state index contributed by atoms with van der Waals surface area (Å²) >= 11 is 0. The largest absolute Gasteiger partial charge is 0.309 e. The zero-order chi connectivity index (χ0) is 15.7. The van der Waals surface area contributed by atoms with Crippen LogP contribution in [0.4, 0.5) is 0 Å². The Morgan fingerprint density at radius 2 is 1.95 bits per heavy atom. The minimum atomic E-state index is 0.383. The van der Waals surface area contributed by atoms with E-state index in [0.29, 0.717) is 11.7 Å². The standard InChI is InChI=1S/C19H36NO/c1-5-6-7-11-19-17(10-8-9-14-20(3)4)12-13-18(19)15-16(2)21/h10,17-19H,5-9,11-15H2,1-4H3/q+1/t17-,18+,19+/m0/s1. The third-order valence-corrected chi connectivity index (χ3v) is 5.00. The number of nitrogens with zero attached hydrogens (tertiary/aromatic N) is 1. The highest BCUT2D eigenvalue weighted by atomic mass is 16.1. The van der Waals surface area contributed by atoms with Gasteiger partial charge in [-0.1, -0.05) is 26.2 Å². The first-order valence-corrected chi connectivity index (χ1v) is 9.02. The Morgan fingerprint density at radius 3 is 2.57 bits per heavy atom. The number of rotatable bonds is 11. The lowest BCUT2D eigenvalue weighted by Crippen LogP contribution is -2.18. The van der Waals surface area contributed by atoms with Gasteiger partial charge in [-0.15, -0.1) is 0 Å². The molecule has 0 spiro atoms. The minimum Gasteiger partial charge on any atom is -0.309 e. The Labute approximate surface area is 132 Å². The molecule has 1 aliphatic rings. The molecule has 3 atom stereocenters. The number of carbonyl (C=O) groups is 1. The molecule has 0 aromatic heterocycles. The van der Waals surface area contributed by atoms with Crippen molar-refractivity contribution in [2.24, 2.45) is 17.8 Å². The molecule has 122 valence electrons. The van der Waals surface area contributed by atoms with Gasteiger partial charge in [0.2, 0.25) is 0 Å². The van der Waals surface area contributed by atoms with Crippen molar-refractivity contribution in [3.8, 4) is 0 Å². The number of hydrogen-bond donors (Lipinski definition) is 0. The van der Waals surface area contributed by atoms with Crippen LogP contribution in [-0.4, -0.2) is 31.3 Å². The summed E-state index contributed by atoms with van der Waals surface area (Å²) in [5, 5.41) is 0. The molecule has 0 unspecified atom stereocenters. The van der Waals surface area contributed by atoms with Crippen molar-refractivity contribution in [2.75, 3.05) is 20.6 Å². The lowest BCUT2D eigenvalue weighted by Gasteiger charge is -2.20. The second-order valence-corrected chi connectivity index (χ2v) is 7.25. The van der Waals surface area contributed by atoms with Crippen LogP contribution in [0.25, 0.3) is 0 Å². The lowest BCUT2D eigenvalue weighted by atomic mass is 9.80. The maximum absolute atomic E-state index is 11.5. The second kappa shape index (κ2) is 10.3. The van der Waals surface area contributed by atoms with Crippen LogP contribution in [0, 0.1) is 24.2 Å². The van der Waals surface area contributed by atoms with Gasteiger partial charge >= 0.3 is 0 Å². The molecule has 0 saturated heterocycles. The number of unbranched alkanes of at least 4 members (excludes halogenated alkanes) is 3. The fraction of sp³-hybridized carbons (Fsp3) is 0.895. The van der Waals surface area contributed by atoms with Crippen LogP contribution in [-0.2, 0) is 4.79 Å². The Morgan fingerprint density at radius 1 is 1.19 bits per heavy atom. The van der Waals surface area contributed by atoms with Gasteiger partial charge in [0, 0.05) is 25.3 Å². The summed E-state index contributed by atoms with van der Waals surface area (Å²) in [5.74, 6) is 2.59. The molecule has 0 bridgehead atoms. The van der Waals surface area contributed by atoms with Crippen molar-refractivity contribution >= 4 is 5.78 Å². The van der Waals surface area contributed by atoms with E-state index in [1.165, 1.54) is 57.9 Å². The molecule has 0 aromatic carbocycles. The number of ketones is 1. The average molecular weight is 295 g/mol. The monoisotopic (exact) mass is 294 g/mol. The summed E-state index contributed by atoms with van der Waals surface area (Å²) < 4.78 is 0. The Hall–Kier alpha value is -0.500. The average Bonchev–Trinajstić information content (AvgIpc) is 2.77. The number of carbonyl (C=O) groups excluding carboxylic acids is 1. The van der Waals surface area contributed by atoms with Gasteiger partial charge in [-0.05, 0) is 46.2 Å². The van der Waals surface area contributed by atoms with Crippen LogP contribution in [0.2, 0.25) is 0 Å². The molecule has 21 heavy (non-hydrogen) atoms. The maximum Gasteiger partial charge on any atom is 0.130 e.